The molecule has 0 saturated carbocycles. The van der Waals surface area contributed by atoms with E-state index in [0.29, 0.717) is 13.2 Å². The van der Waals surface area contributed by atoms with E-state index in [4.69, 9.17) is 14.6 Å². The highest BCUT2D eigenvalue weighted by atomic mass is 16.5. The minimum atomic E-state index is -0.709. The van der Waals surface area contributed by atoms with Gasteiger partial charge < -0.3 is 14.6 Å². The minimum absolute atomic E-state index is 0.273. The van der Waals surface area contributed by atoms with Crippen molar-refractivity contribution in [3.63, 3.8) is 0 Å². The molecule has 0 aliphatic rings. The summed E-state index contributed by atoms with van der Waals surface area (Å²) in [4.78, 5) is 10.4. The van der Waals surface area contributed by atoms with Crippen molar-refractivity contribution < 1.29 is 19.4 Å². The Morgan fingerprint density at radius 1 is 0.760 bits per heavy atom. The van der Waals surface area contributed by atoms with Crippen molar-refractivity contribution in [3.05, 3.63) is 60.2 Å². The van der Waals surface area contributed by atoms with Crippen LogP contribution in [-0.4, -0.2) is 17.7 Å². The third kappa shape index (κ3) is 8.25. The van der Waals surface area contributed by atoms with Gasteiger partial charge in [0.05, 0.1) is 6.61 Å². The smallest absolute Gasteiger partial charge is 0.303 e. The number of ether oxygens (including phenoxy) is 2. The monoisotopic (exact) mass is 342 g/mol. The normalized spacial score (nSPS) is 10.4. The van der Waals surface area contributed by atoms with Crippen LogP contribution < -0.4 is 9.47 Å². The second kappa shape index (κ2) is 11.1. The molecule has 0 amide bonds. The van der Waals surface area contributed by atoms with Crippen molar-refractivity contribution in [1.82, 2.24) is 0 Å². The summed E-state index contributed by atoms with van der Waals surface area (Å²) in [5, 5.41) is 8.56. The van der Waals surface area contributed by atoms with Gasteiger partial charge in [-0.25, -0.2) is 0 Å². The number of carboxylic acid groups (broad SMARTS) is 1. The molecule has 0 atom stereocenters. The molecule has 0 radical (unpaired) electrons. The maximum absolute atomic E-state index is 10.4. The zero-order valence-electron chi connectivity index (χ0n) is 14.5. The predicted molar refractivity (Wildman–Crippen MR) is 98.0 cm³/mol. The Labute approximate surface area is 149 Å². The molecule has 0 fully saturated rings. The van der Waals surface area contributed by atoms with E-state index in [1.807, 2.05) is 54.6 Å². The van der Waals surface area contributed by atoms with Crippen LogP contribution in [0.1, 0.15) is 44.1 Å². The Kier molecular flexibility index (Phi) is 8.39. The van der Waals surface area contributed by atoms with Gasteiger partial charge in [-0.2, -0.15) is 0 Å². The zero-order chi connectivity index (χ0) is 17.7. The molecule has 0 aliphatic heterocycles. The summed E-state index contributed by atoms with van der Waals surface area (Å²) in [5.74, 6) is 0.965. The predicted octanol–water partition coefficient (Wildman–Crippen LogP) is 5.07. The summed E-state index contributed by atoms with van der Waals surface area (Å²) in [6.07, 6.45) is 5.12. The van der Waals surface area contributed by atoms with Gasteiger partial charge in [-0.15, -0.1) is 0 Å². The molecule has 0 heterocycles. The van der Waals surface area contributed by atoms with Gasteiger partial charge in [-0.1, -0.05) is 49.6 Å². The van der Waals surface area contributed by atoms with Crippen LogP contribution in [0.4, 0.5) is 0 Å². The lowest BCUT2D eigenvalue weighted by Crippen LogP contribution is -1.98. The van der Waals surface area contributed by atoms with Gasteiger partial charge in [0.2, 0.25) is 0 Å². The first-order valence-electron chi connectivity index (χ1n) is 8.85. The van der Waals surface area contributed by atoms with E-state index in [0.717, 1.165) is 49.2 Å². The van der Waals surface area contributed by atoms with Crippen molar-refractivity contribution >= 4 is 5.97 Å². The first-order valence-corrected chi connectivity index (χ1v) is 8.85. The van der Waals surface area contributed by atoms with Crippen LogP contribution in [0.25, 0.3) is 0 Å². The van der Waals surface area contributed by atoms with E-state index in [2.05, 4.69) is 0 Å². The number of hydrogen-bond donors (Lipinski definition) is 1. The lowest BCUT2D eigenvalue weighted by molar-refractivity contribution is -0.137. The molecule has 25 heavy (non-hydrogen) atoms. The molecule has 0 unspecified atom stereocenters. The summed E-state index contributed by atoms with van der Waals surface area (Å²) < 4.78 is 11.5. The largest absolute Gasteiger partial charge is 0.494 e. The molecule has 1 N–H and O–H groups in total. The Hall–Kier alpha value is -2.49. The van der Waals surface area contributed by atoms with Crippen LogP contribution in [0.15, 0.2) is 54.6 Å². The van der Waals surface area contributed by atoms with Crippen LogP contribution in [0.5, 0.6) is 11.5 Å². The number of carboxylic acids is 1. The van der Waals surface area contributed by atoms with Crippen LogP contribution in [0.2, 0.25) is 0 Å². The summed E-state index contributed by atoms with van der Waals surface area (Å²) in [6.45, 7) is 1.24. The molecule has 0 spiro atoms. The Bertz CT molecular complexity index is 608. The molecule has 4 nitrogen and oxygen atoms in total. The second-order valence-electron chi connectivity index (χ2n) is 6.01. The molecule has 134 valence electrons. The quantitative estimate of drug-likeness (QED) is 0.547. The summed E-state index contributed by atoms with van der Waals surface area (Å²) in [7, 11) is 0. The van der Waals surface area contributed by atoms with Crippen molar-refractivity contribution in [2.75, 3.05) is 6.61 Å². The van der Waals surface area contributed by atoms with E-state index >= 15 is 0 Å². The van der Waals surface area contributed by atoms with Crippen molar-refractivity contribution in [3.8, 4) is 11.5 Å². The van der Waals surface area contributed by atoms with E-state index in [-0.39, 0.29) is 6.42 Å². The van der Waals surface area contributed by atoms with Crippen molar-refractivity contribution in [2.24, 2.45) is 0 Å². The van der Waals surface area contributed by atoms with Crippen LogP contribution in [0.3, 0.4) is 0 Å². The number of unbranched alkanes of at least 4 members (excludes halogenated alkanes) is 4. The molecule has 2 rings (SSSR count). The average Bonchev–Trinajstić information content (AvgIpc) is 2.64. The zero-order valence-corrected chi connectivity index (χ0v) is 14.5. The maximum atomic E-state index is 10.4. The SMILES string of the molecule is O=C(O)CCCCCCCOc1ccc(OCc2ccccc2)cc1. The highest BCUT2D eigenvalue weighted by molar-refractivity contribution is 5.66. The number of benzene rings is 2. The van der Waals surface area contributed by atoms with E-state index in [9.17, 15) is 4.79 Å². The first kappa shape index (κ1) is 18.8. The number of rotatable bonds is 12. The first-order chi connectivity index (χ1) is 12.2. The number of aliphatic carboxylic acids is 1. The van der Waals surface area contributed by atoms with E-state index in [1.54, 1.807) is 0 Å². The Balaban J connectivity index is 1.56. The van der Waals surface area contributed by atoms with Crippen molar-refractivity contribution in [2.45, 2.75) is 45.1 Å². The molecule has 0 saturated heterocycles. The third-order valence-corrected chi connectivity index (χ3v) is 3.88. The van der Waals surface area contributed by atoms with Gasteiger partial charge in [0.15, 0.2) is 0 Å². The van der Waals surface area contributed by atoms with Crippen LogP contribution >= 0.6 is 0 Å². The van der Waals surface area contributed by atoms with Crippen molar-refractivity contribution in [1.29, 1.82) is 0 Å². The fourth-order valence-corrected chi connectivity index (χ4v) is 2.47. The van der Waals surface area contributed by atoms with Gasteiger partial charge in [-0.3, -0.25) is 4.79 Å². The molecule has 0 aromatic heterocycles. The summed E-state index contributed by atoms with van der Waals surface area (Å²) >= 11 is 0. The third-order valence-electron chi connectivity index (χ3n) is 3.88. The molecular formula is C21H26O4. The molecule has 2 aromatic carbocycles. The fraction of sp³-hybridized carbons (Fsp3) is 0.381. The average molecular weight is 342 g/mol. The van der Waals surface area contributed by atoms with Gasteiger partial charge in [0.25, 0.3) is 0 Å². The molecule has 0 aliphatic carbocycles. The van der Waals surface area contributed by atoms with Crippen LogP contribution in [0, 0.1) is 0 Å². The fourth-order valence-electron chi connectivity index (χ4n) is 2.47. The van der Waals surface area contributed by atoms with E-state index < -0.39 is 5.97 Å². The number of carbonyl (C=O) groups is 1. The lowest BCUT2D eigenvalue weighted by Gasteiger charge is -2.09. The van der Waals surface area contributed by atoms with Gasteiger partial charge in [0, 0.05) is 6.42 Å². The molecule has 0 bridgehead atoms. The van der Waals surface area contributed by atoms with E-state index in [1.165, 1.54) is 0 Å². The molecule has 4 heteroatoms. The Morgan fingerprint density at radius 3 is 2.04 bits per heavy atom. The highest BCUT2D eigenvalue weighted by Gasteiger charge is 1.99. The maximum Gasteiger partial charge on any atom is 0.303 e. The summed E-state index contributed by atoms with van der Waals surface area (Å²) in [6, 6.07) is 17.8. The van der Waals surface area contributed by atoms with Gasteiger partial charge in [0.1, 0.15) is 18.1 Å². The van der Waals surface area contributed by atoms with Crippen LogP contribution in [-0.2, 0) is 11.4 Å². The minimum Gasteiger partial charge on any atom is -0.494 e. The van der Waals surface area contributed by atoms with Gasteiger partial charge >= 0.3 is 5.97 Å². The lowest BCUT2D eigenvalue weighted by atomic mass is 10.1. The Morgan fingerprint density at radius 2 is 1.36 bits per heavy atom. The summed E-state index contributed by atoms with van der Waals surface area (Å²) in [5.41, 5.74) is 1.14. The van der Waals surface area contributed by atoms with Gasteiger partial charge in [-0.05, 0) is 42.7 Å². The standard InChI is InChI=1S/C21H26O4/c22-21(23)11-7-2-1-3-8-16-24-19-12-14-20(15-13-19)25-17-18-9-5-4-6-10-18/h4-6,9-10,12-15H,1-3,7-8,11,16-17H2,(H,22,23). The molecular weight excluding hydrogens is 316 g/mol. The molecule has 2 aromatic rings. The highest BCUT2D eigenvalue weighted by Crippen LogP contribution is 2.19. The topological polar surface area (TPSA) is 55.8 Å². The number of hydrogen-bond acceptors (Lipinski definition) is 3. The second-order valence-corrected chi connectivity index (χ2v) is 6.01.